The molecule has 0 amide bonds. The van der Waals surface area contributed by atoms with Crippen molar-refractivity contribution in [3.8, 4) is 11.3 Å². The minimum Gasteiger partial charge on any atom is -0.368 e. The van der Waals surface area contributed by atoms with E-state index < -0.39 is 11.9 Å². The molecule has 0 saturated heterocycles. The number of halogens is 4. The Balaban J connectivity index is 1.92. The number of nitrogens with zero attached hydrogens (tertiary/aromatic N) is 3. The molecule has 5 nitrogen and oxygen atoms in total. The van der Waals surface area contributed by atoms with Gasteiger partial charge in [0.05, 0.1) is 17.6 Å². The first kappa shape index (κ1) is 17.9. The van der Waals surface area contributed by atoms with Crippen molar-refractivity contribution in [1.29, 1.82) is 0 Å². The predicted molar refractivity (Wildman–Crippen MR) is 94.1 cm³/mol. The van der Waals surface area contributed by atoms with Crippen LogP contribution in [0.1, 0.15) is 11.3 Å². The Morgan fingerprint density at radius 2 is 1.85 bits per heavy atom. The van der Waals surface area contributed by atoms with Crippen LogP contribution in [0.2, 0.25) is 5.02 Å². The Bertz CT molecular complexity index is 942. The summed E-state index contributed by atoms with van der Waals surface area (Å²) >= 11 is 6.04. The number of alkyl halides is 3. The maximum atomic E-state index is 12.6. The second-order valence-corrected chi connectivity index (χ2v) is 5.95. The molecule has 0 fully saturated rings. The van der Waals surface area contributed by atoms with Crippen molar-refractivity contribution in [2.75, 3.05) is 11.1 Å². The Hall–Kier alpha value is -2.87. The highest BCUT2D eigenvalue weighted by Gasteiger charge is 2.32. The van der Waals surface area contributed by atoms with Crippen LogP contribution in [0, 0.1) is 6.92 Å². The van der Waals surface area contributed by atoms with Crippen LogP contribution in [0.5, 0.6) is 0 Å². The quantitative estimate of drug-likeness (QED) is 0.680. The Labute approximate surface area is 152 Å². The zero-order chi connectivity index (χ0) is 18.9. The van der Waals surface area contributed by atoms with Gasteiger partial charge in [-0.2, -0.15) is 18.2 Å². The standard InChI is InChI=1S/C17H13ClF3N5/c1-9-2-3-10(18)6-12(9)13-7-15(26-16(22)25-13)24-11-4-5-14(23-8-11)17(19,20)21/h2-8H,1H3,(H3,22,24,25,26). The molecule has 0 unspecified atom stereocenters. The lowest BCUT2D eigenvalue weighted by Crippen LogP contribution is -2.08. The van der Waals surface area contributed by atoms with Gasteiger partial charge in [0.25, 0.3) is 0 Å². The summed E-state index contributed by atoms with van der Waals surface area (Å²) in [5.74, 6) is 0.345. The van der Waals surface area contributed by atoms with Gasteiger partial charge < -0.3 is 11.1 Å². The molecule has 0 aliphatic heterocycles. The Morgan fingerprint density at radius 3 is 2.50 bits per heavy atom. The number of nitrogens with two attached hydrogens (primary N) is 1. The number of aromatic nitrogens is 3. The highest BCUT2D eigenvalue weighted by atomic mass is 35.5. The van der Waals surface area contributed by atoms with Gasteiger partial charge in [-0.05, 0) is 36.8 Å². The molecule has 26 heavy (non-hydrogen) atoms. The molecule has 3 aromatic rings. The lowest BCUT2D eigenvalue weighted by Gasteiger charge is -2.11. The first-order chi connectivity index (χ1) is 12.2. The van der Waals surface area contributed by atoms with Crippen LogP contribution in [-0.4, -0.2) is 15.0 Å². The van der Waals surface area contributed by atoms with Crippen LogP contribution < -0.4 is 11.1 Å². The topological polar surface area (TPSA) is 76.7 Å². The highest BCUT2D eigenvalue weighted by Crippen LogP contribution is 2.30. The van der Waals surface area contributed by atoms with E-state index in [1.165, 1.54) is 6.07 Å². The number of aryl methyl sites for hydroxylation is 1. The summed E-state index contributed by atoms with van der Waals surface area (Å²) in [4.78, 5) is 11.6. The largest absolute Gasteiger partial charge is 0.433 e. The van der Waals surface area contributed by atoms with Crippen LogP contribution in [0.15, 0.2) is 42.6 Å². The molecule has 0 bridgehead atoms. The van der Waals surface area contributed by atoms with Crippen molar-refractivity contribution < 1.29 is 13.2 Å². The van der Waals surface area contributed by atoms with E-state index in [0.29, 0.717) is 22.2 Å². The van der Waals surface area contributed by atoms with Crippen LogP contribution in [0.25, 0.3) is 11.3 Å². The van der Waals surface area contributed by atoms with E-state index in [-0.39, 0.29) is 5.95 Å². The normalized spacial score (nSPS) is 11.4. The first-order valence-electron chi connectivity index (χ1n) is 7.44. The van der Waals surface area contributed by atoms with Gasteiger partial charge >= 0.3 is 6.18 Å². The third-order valence-corrected chi connectivity index (χ3v) is 3.78. The van der Waals surface area contributed by atoms with Crippen molar-refractivity contribution in [1.82, 2.24) is 15.0 Å². The van der Waals surface area contributed by atoms with E-state index in [4.69, 9.17) is 17.3 Å². The summed E-state index contributed by atoms with van der Waals surface area (Å²) in [6.45, 7) is 1.90. The van der Waals surface area contributed by atoms with E-state index >= 15 is 0 Å². The third-order valence-electron chi connectivity index (χ3n) is 3.55. The molecule has 9 heteroatoms. The lowest BCUT2D eigenvalue weighted by atomic mass is 10.1. The van der Waals surface area contributed by atoms with E-state index in [2.05, 4.69) is 20.3 Å². The molecular weight excluding hydrogens is 367 g/mol. The number of nitrogen functional groups attached to an aromatic ring is 1. The molecule has 2 aromatic heterocycles. The van der Waals surface area contributed by atoms with E-state index in [9.17, 15) is 13.2 Å². The van der Waals surface area contributed by atoms with Gasteiger partial charge in [-0.3, -0.25) is 0 Å². The molecule has 0 aliphatic carbocycles. The van der Waals surface area contributed by atoms with Crippen molar-refractivity contribution in [3.05, 3.63) is 58.9 Å². The highest BCUT2D eigenvalue weighted by molar-refractivity contribution is 6.30. The molecular formula is C17H13ClF3N5. The average Bonchev–Trinajstić information content (AvgIpc) is 2.56. The maximum absolute atomic E-state index is 12.6. The van der Waals surface area contributed by atoms with Gasteiger partial charge in [0.15, 0.2) is 0 Å². The SMILES string of the molecule is Cc1ccc(Cl)cc1-c1cc(Nc2ccc(C(F)(F)F)nc2)nc(N)n1. The van der Waals surface area contributed by atoms with Gasteiger partial charge in [0.2, 0.25) is 5.95 Å². The molecule has 0 aliphatic rings. The molecule has 3 N–H and O–H groups in total. The van der Waals surface area contributed by atoms with E-state index in [1.807, 2.05) is 13.0 Å². The summed E-state index contributed by atoms with van der Waals surface area (Å²) in [7, 11) is 0. The fraction of sp³-hybridized carbons (Fsp3) is 0.118. The first-order valence-corrected chi connectivity index (χ1v) is 7.81. The molecule has 0 atom stereocenters. The number of pyridine rings is 1. The summed E-state index contributed by atoms with van der Waals surface area (Å²) in [5, 5.41) is 3.42. The Morgan fingerprint density at radius 1 is 1.08 bits per heavy atom. The monoisotopic (exact) mass is 379 g/mol. The summed E-state index contributed by atoms with van der Waals surface area (Å²) in [6.07, 6.45) is -3.42. The fourth-order valence-electron chi connectivity index (χ4n) is 2.32. The van der Waals surface area contributed by atoms with Crippen LogP contribution in [0.4, 0.5) is 30.6 Å². The van der Waals surface area contributed by atoms with Crippen molar-refractivity contribution >= 4 is 29.1 Å². The second kappa shape index (κ2) is 6.80. The minimum atomic E-state index is -4.49. The van der Waals surface area contributed by atoms with E-state index in [1.54, 1.807) is 18.2 Å². The molecule has 134 valence electrons. The zero-order valence-corrected chi connectivity index (χ0v) is 14.2. The van der Waals surface area contributed by atoms with Crippen molar-refractivity contribution in [2.24, 2.45) is 0 Å². The molecule has 0 saturated carbocycles. The Kier molecular flexibility index (Phi) is 4.69. The molecule has 1 aromatic carbocycles. The third kappa shape index (κ3) is 4.02. The number of hydrogen-bond acceptors (Lipinski definition) is 5. The van der Waals surface area contributed by atoms with Gasteiger partial charge in [0, 0.05) is 16.7 Å². The maximum Gasteiger partial charge on any atom is 0.433 e. The zero-order valence-electron chi connectivity index (χ0n) is 13.5. The van der Waals surface area contributed by atoms with Crippen LogP contribution in [0.3, 0.4) is 0 Å². The van der Waals surface area contributed by atoms with Crippen LogP contribution in [-0.2, 0) is 6.18 Å². The fourth-order valence-corrected chi connectivity index (χ4v) is 2.49. The summed E-state index contributed by atoms with van der Waals surface area (Å²) in [6, 6.07) is 9.14. The predicted octanol–water partition coefficient (Wildman–Crippen LogP) is 4.85. The van der Waals surface area contributed by atoms with Crippen LogP contribution >= 0.6 is 11.6 Å². The number of anilines is 3. The molecule has 2 heterocycles. The number of rotatable bonds is 3. The molecule has 0 spiro atoms. The van der Waals surface area contributed by atoms with Gasteiger partial charge in [-0.1, -0.05) is 17.7 Å². The smallest absolute Gasteiger partial charge is 0.368 e. The number of hydrogen-bond donors (Lipinski definition) is 2. The molecule has 3 rings (SSSR count). The average molecular weight is 380 g/mol. The second-order valence-electron chi connectivity index (χ2n) is 5.51. The van der Waals surface area contributed by atoms with Crippen molar-refractivity contribution in [2.45, 2.75) is 13.1 Å². The minimum absolute atomic E-state index is 0.0178. The number of benzene rings is 1. The molecule has 0 radical (unpaired) electrons. The summed E-state index contributed by atoms with van der Waals surface area (Å²) in [5.41, 5.74) is 7.39. The van der Waals surface area contributed by atoms with Gasteiger partial charge in [0.1, 0.15) is 11.5 Å². The van der Waals surface area contributed by atoms with Gasteiger partial charge in [-0.25, -0.2) is 9.97 Å². The van der Waals surface area contributed by atoms with E-state index in [0.717, 1.165) is 23.4 Å². The van der Waals surface area contributed by atoms with Crippen molar-refractivity contribution in [3.63, 3.8) is 0 Å². The van der Waals surface area contributed by atoms with Gasteiger partial charge in [-0.15, -0.1) is 0 Å². The number of nitrogens with one attached hydrogen (secondary N) is 1. The lowest BCUT2D eigenvalue weighted by molar-refractivity contribution is -0.141. The summed E-state index contributed by atoms with van der Waals surface area (Å²) < 4.78 is 37.7.